The first-order chi connectivity index (χ1) is 13.7. The smallest absolute Gasteiger partial charge is 0.315 e. The Morgan fingerprint density at radius 1 is 0.750 bits per heavy atom. The third kappa shape index (κ3) is 6.72. The van der Waals surface area contributed by atoms with E-state index in [1.54, 1.807) is 0 Å². The number of nitrogens with one attached hydrogen (secondary N) is 3. The summed E-state index contributed by atoms with van der Waals surface area (Å²) >= 11 is 0. The van der Waals surface area contributed by atoms with Gasteiger partial charge >= 0.3 is 6.03 Å². The summed E-state index contributed by atoms with van der Waals surface area (Å²) in [5, 5.41) is 9.11. The van der Waals surface area contributed by atoms with Crippen molar-refractivity contribution in [3.05, 3.63) is 71.8 Å². The molecule has 1 aliphatic rings. The molecule has 0 radical (unpaired) electrons. The number of carbonyl (C=O) groups excluding carboxylic acids is 2. The van der Waals surface area contributed by atoms with E-state index in [9.17, 15) is 9.59 Å². The van der Waals surface area contributed by atoms with Crippen LogP contribution in [0.25, 0.3) is 0 Å². The van der Waals surface area contributed by atoms with Crippen molar-refractivity contribution in [3.8, 4) is 0 Å². The van der Waals surface area contributed by atoms with Gasteiger partial charge in [-0.15, -0.1) is 0 Å². The van der Waals surface area contributed by atoms with E-state index in [2.05, 4.69) is 28.1 Å². The van der Waals surface area contributed by atoms with Gasteiger partial charge in [0.2, 0.25) is 5.91 Å². The second-order valence-corrected chi connectivity index (χ2v) is 7.41. The van der Waals surface area contributed by atoms with E-state index in [-0.39, 0.29) is 24.0 Å². The molecule has 5 nitrogen and oxygen atoms in total. The van der Waals surface area contributed by atoms with Crippen molar-refractivity contribution in [2.24, 2.45) is 0 Å². The molecule has 2 aromatic rings. The zero-order valence-electron chi connectivity index (χ0n) is 16.2. The highest BCUT2D eigenvalue weighted by Crippen LogP contribution is 2.18. The number of benzene rings is 2. The zero-order chi connectivity index (χ0) is 19.6. The number of hydrogen-bond donors (Lipinski definition) is 3. The van der Waals surface area contributed by atoms with Gasteiger partial charge in [0.15, 0.2) is 0 Å². The van der Waals surface area contributed by atoms with E-state index >= 15 is 0 Å². The fourth-order valence-corrected chi connectivity index (χ4v) is 3.64. The Hall–Kier alpha value is -2.82. The van der Waals surface area contributed by atoms with Crippen LogP contribution in [0.3, 0.4) is 0 Å². The summed E-state index contributed by atoms with van der Waals surface area (Å²) in [6.45, 7) is 0.626. The molecule has 3 N–H and O–H groups in total. The summed E-state index contributed by atoms with van der Waals surface area (Å²) in [6.07, 6.45) is 4.83. The van der Waals surface area contributed by atoms with E-state index in [1.807, 2.05) is 48.5 Å². The molecule has 3 rings (SSSR count). The van der Waals surface area contributed by atoms with Crippen LogP contribution >= 0.6 is 0 Å². The van der Waals surface area contributed by atoms with Crippen LogP contribution < -0.4 is 16.0 Å². The Kier molecular flexibility index (Phi) is 7.47. The molecule has 0 heterocycles. The van der Waals surface area contributed by atoms with E-state index < -0.39 is 0 Å². The number of hydrogen-bond acceptors (Lipinski definition) is 2. The van der Waals surface area contributed by atoms with Crippen LogP contribution in [0, 0.1) is 0 Å². The lowest BCUT2D eigenvalue weighted by Crippen LogP contribution is -2.47. The van der Waals surface area contributed by atoms with Gasteiger partial charge in [0.05, 0.1) is 6.42 Å². The number of urea groups is 1. The van der Waals surface area contributed by atoms with Crippen LogP contribution in [0.1, 0.15) is 36.8 Å². The Labute approximate surface area is 166 Å². The molecule has 5 heteroatoms. The summed E-state index contributed by atoms with van der Waals surface area (Å²) in [7, 11) is 0. The van der Waals surface area contributed by atoms with Gasteiger partial charge in [-0.2, -0.15) is 0 Å². The summed E-state index contributed by atoms with van der Waals surface area (Å²) < 4.78 is 0. The summed E-state index contributed by atoms with van der Waals surface area (Å²) in [5.41, 5.74) is 2.25. The van der Waals surface area contributed by atoms with E-state index in [0.29, 0.717) is 13.0 Å². The average molecular weight is 380 g/mol. The van der Waals surface area contributed by atoms with Crippen molar-refractivity contribution in [3.63, 3.8) is 0 Å². The maximum atomic E-state index is 12.2. The Balaban J connectivity index is 1.30. The monoisotopic (exact) mass is 379 g/mol. The van der Waals surface area contributed by atoms with E-state index in [0.717, 1.165) is 37.7 Å². The standard InChI is InChI=1S/C23H29N3O2/c27-22(17-19-9-5-2-6-10-19)25-20-11-13-21(14-12-20)26-23(28)24-16-15-18-7-3-1-4-8-18/h1-10,20-21H,11-17H2,(H,25,27)(H2,24,26,28). The van der Waals surface area contributed by atoms with Gasteiger partial charge in [0.1, 0.15) is 0 Å². The molecule has 0 bridgehead atoms. The second-order valence-electron chi connectivity index (χ2n) is 7.41. The first kappa shape index (κ1) is 19.9. The van der Waals surface area contributed by atoms with Crippen LogP contribution in [0.5, 0.6) is 0 Å². The number of amides is 3. The normalized spacial score (nSPS) is 18.9. The molecule has 2 aromatic carbocycles. The lowest BCUT2D eigenvalue weighted by molar-refractivity contribution is -0.121. The van der Waals surface area contributed by atoms with Crippen LogP contribution in [0.2, 0.25) is 0 Å². The molecule has 1 saturated carbocycles. The molecule has 1 aliphatic carbocycles. The van der Waals surface area contributed by atoms with Crippen molar-refractivity contribution < 1.29 is 9.59 Å². The van der Waals surface area contributed by atoms with Gasteiger partial charge in [-0.3, -0.25) is 4.79 Å². The predicted molar refractivity (Wildman–Crippen MR) is 111 cm³/mol. The first-order valence-corrected chi connectivity index (χ1v) is 10.1. The molecular formula is C23H29N3O2. The fourth-order valence-electron chi connectivity index (χ4n) is 3.64. The van der Waals surface area contributed by atoms with Gasteiger partial charge in [-0.05, 0) is 43.2 Å². The van der Waals surface area contributed by atoms with Crippen LogP contribution in [0.4, 0.5) is 4.79 Å². The lowest BCUT2D eigenvalue weighted by atomic mass is 9.91. The number of rotatable bonds is 7. The topological polar surface area (TPSA) is 70.2 Å². The Bertz CT molecular complexity index is 741. The highest BCUT2D eigenvalue weighted by Gasteiger charge is 2.23. The van der Waals surface area contributed by atoms with E-state index in [1.165, 1.54) is 5.56 Å². The minimum Gasteiger partial charge on any atom is -0.353 e. The van der Waals surface area contributed by atoms with Gasteiger partial charge in [0, 0.05) is 18.6 Å². The summed E-state index contributed by atoms with van der Waals surface area (Å²) in [5.74, 6) is 0.0706. The SMILES string of the molecule is O=C(Cc1ccccc1)NC1CCC(NC(=O)NCCc2ccccc2)CC1. The molecule has 1 fully saturated rings. The Morgan fingerprint density at radius 3 is 1.89 bits per heavy atom. The van der Waals surface area contributed by atoms with Crippen molar-refractivity contribution in [1.82, 2.24) is 16.0 Å². The van der Waals surface area contributed by atoms with Crippen LogP contribution in [0.15, 0.2) is 60.7 Å². The van der Waals surface area contributed by atoms with Crippen LogP contribution in [-0.4, -0.2) is 30.6 Å². The highest BCUT2D eigenvalue weighted by molar-refractivity contribution is 5.78. The highest BCUT2D eigenvalue weighted by atomic mass is 16.2. The quantitative estimate of drug-likeness (QED) is 0.691. The molecule has 0 spiro atoms. The molecule has 28 heavy (non-hydrogen) atoms. The van der Waals surface area contributed by atoms with Gasteiger partial charge in [-0.25, -0.2) is 4.79 Å². The summed E-state index contributed by atoms with van der Waals surface area (Å²) in [6, 6.07) is 20.2. The molecule has 0 aromatic heterocycles. The Morgan fingerprint density at radius 2 is 1.29 bits per heavy atom. The maximum Gasteiger partial charge on any atom is 0.315 e. The zero-order valence-corrected chi connectivity index (χ0v) is 16.2. The van der Waals surface area contributed by atoms with Crippen molar-refractivity contribution in [1.29, 1.82) is 0 Å². The van der Waals surface area contributed by atoms with Gasteiger partial charge < -0.3 is 16.0 Å². The largest absolute Gasteiger partial charge is 0.353 e. The average Bonchev–Trinajstić information content (AvgIpc) is 2.71. The molecular weight excluding hydrogens is 350 g/mol. The number of carbonyl (C=O) groups is 2. The van der Waals surface area contributed by atoms with Gasteiger partial charge in [-0.1, -0.05) is 60.7 Å². The molecule has 3 amide bonds. The molecule has 0 aliphatic heterocycles. The third-order valence-corrected chi connectivity index (χ3v) is 5.18. The lowest BCUT2D eigenvalue weighted by Gasteiger charge is -2.29. The van der Waals surface area contributed by atoms with Crippen molar-refractivity contribution in [2.45, 2.75) is 50.6 Å². The second kappa shape index (κ2) is 10.5. The van der Waals surface area contributed by atoms with Crippen molar-refractivity contribution in [2.75, 3.05) is 6.54 Å². The molecule has 0 atom stereocenters. The molecule has 0 saturated heterocycles. The van der Waals surface area contributed by atoms with Gasteiger partial charge in [0.25, 0.3) is 0 Å². The minimum atomic E-state index is -0.104. The predicted octanol–water partition coefficient (Wildman–Crippen LogP) is 3.20. The maximum absolute atomic E-state index is 12.2. The summed E-state index contributed by atoms with van der Waals surface area (Å²) in [4.78, 5) is 24.3. The third-order valence-electron chi connectivity index (χ3n) is 5.18. The first-order valence-electron chi connectivity index (χ1n) is 10.1. The molecule has 148 valence electrons. The van der Waals surface area contributed by atoms with Crippen LogP contribution in [-0.2, 0) is 17.6 Å². The van der Waals surface area contributed by atoms with Crippen molar-refractivity contribution >= 4 is 11.9 Å². The molecule has 0 unspecified atom stereocenters. The van der Waals surface area contributed by atoms with E-state index in [4.69, 9.17) is 0 Å². The fraction of sp³-hybridized carbons (Fsp3) is 0.391. The minimum absolute atomic E-state index is 0.0706.